The second-order valence-corrected chi connectivity index (χ2v) is 7.70. The fourth-order valence-electron chi connectivity index (χ4n) is 2.72. The van der Waals surface area contributed by atoms with Crippen LogP contribution in [0, 0.1) is 0 Å². The molecule has 0 spiro atoms. The van der Waals surface area contributed by atoms with Gasteiger partial charge in [0.05, 0.1) is 11.1 Å². The molecular weight excluding hydrogens is 432 g/mol. The Morgan fingerprint density at radius 3 is 2.28 bits per heavy atom. The molecule has 29 heavy (non-hydrogen) atoms. The van der Waals surface area contributed by atoms with Gasteiger partial charge in [0.25, 0.3) is 11.8 Å². The van der Waals surface area contributed by atoms with Crippen molar-refractivity contribution in [3.8, 4) is 5.75 Å². The van der Waals surface area contributed by atoms with Gasteiger partial charge in [-0.25, -0.2) is 0 Å². The van der Waals surface area contributed by atoms with Crippen LogP contribution in [-0.2, 0) is 0 Å². The van der Waals surface area contributed by atoms with Crippen molar-refractivity contribution in [2.75, 3.05) is 18.5 Å². The van der Waals surface area contributed by atoms with Crippen LogP contribution in [0.2, 0.25) is 0 Å². The highest BCUT2D eigenvalue weighted by Gasteiger charge is 2.11. The lowest BCUT2D eigenvalue weighted by Gasteiger charge is -2.10. The number of hydrogen-bond acceptors (Lipinski definition) is 3. The third-order valence-corrected chi connectivity index (χ3v) is 5.01. The smallest absolute Gasteiger partial charge is 0.255 e. The van der Waals surface area contributed by atoms with E-state index in [9.17, 15) is 9.59 Å². The van der Waals surface area contributed by atoms with Gasteiger partial charge in [0.15, 0.2) is 0 Å². The maximum atomic E-state index is 12.5. The Labute approximate surface area is 181 Å². The summed E-state index contributed by atoms with van der Waals surface area (Å²) in [6.45, 7) is 5.50. The molecule has 2 N–H and O–H groups in total. The monoisotopic (exact) mass is 460 g/mol. The van der Waals surface area contributed by atoms with E-state index in [1.165, 1.54) is 12.8 Å². The molecule has 0 aliphatic rings. The van der Waals surface area contributed by atoms with Gasteiger partial charge in [-0.05, 0) is 71.2 Å². The quantitative estimate of drug-likeness (QED) is 0.416. The lowest BCUT2D eigenvalue weighted by atomic mass is 10.1. The fraction of sp³-hybridized carbons (Fsp3) is 0.391. The van der Waals surface area contributed by atoms with Crippen LogP contribution in [0.3, 0.4) is 0 Å². The zero-order valence-electron chi connectivity index (χ0n) is 17.1. The van der Waals surface area contributed by atoms with Crippen LogP contribution in [-0.4, -0.2) is 25.0 Å². The molecule has 0 aliphatic carbocycles. The van der Waals surface area contributed by atoms with Gasteiger partial charge in [0, 0.05) is 23.4 Å². The van der Waals surface area contributed by atoms with E-state index >= 15 is 0 Å². The van der Waals surface area contributed by atoms with Crippen molar-refractivity contribution in [3.63, 3.8) is 0 Å². The molecule has 0 heterocycles. The fourth-order valence-corrected chi connectivity index (χ4v) is 3.21. The van der Waals surface area contributed by atoms with Crippen molar-refractivity contribution in [3.05, 3.63) is 58.1 Å². The number of benzene rings is 2. The molecule has 5 nitrogen and oxygen atoms in total. The lowest BCUT2D eigenvalue weighted by Crippen LogP contribution is -2.23. The van der Waals surface area contributed by atoms with Gasteiger partial charge in [-0.15, -0.1) is 0 Å². The van der Waals surface area contributed by atoms with E-state index in [-0.39, 0.29) is 11.8 Å². The normalized spacial score (nSPS) is 10.4. The van der Waals surface area contributed by atoms with Crippen molar-refractivity contribution in [2.24, 2.45) is 0 Å². The maximum Gasteiger partial charge on any atom is 0.255 e. The Hall–Kier alpha value is -2.34. The first-order valence-corrected chi connectivity index (χ1v) is 11.0. The molecule has 2 aromatic rings. The summed E-state index contributed by atoms with van der Waals surface area (Å²) >= 11 is 3.48. The van der Waals surface area contributed by atoms with Crippen molar-refractivity contribution in [1.82, 2.24) is 5.32 Å². The summed E-state index contributed by atoms with van der Waals surface area (Å²) < 4.78 is 6.54. The van der Waals surface area contributed by atoms with Gasteiger partial charge in [-0.3, -0.25) is 9.59 Å². The van der Waals surface area contributed by atoms with E-state index in [0.29, 0.717) is 30.0 Å². The Morgan fingerprint density at radius 1 is 0.897 bits per heavy atom. The summed E-state index contributed by atoms with van der Waals surface area (Å²) in [5.74, 6) is 0.405. The molecular formula is C23H29BrN2O3. The molecule has 2 aromatic carbocycles. The number of carbonyl (C=O) groups excluding carboxylic acids is 2. The molecule has 0 bridgehead atoms. The van der Waals surface area contributed by atoms with E-state index in [0.717, 1.165) is 29.5 Å². The number of halogens is 1. The summed E-state index contributed by atoms with van der Waals surface area (Å²) in [6.07, 6.45) is 5.48. The highest BCUT2D eigenvalue weighted by Crippen LogP contribution is 2.27. The highest BCUT2D eigenvalue weighted by atomic mass is 79.9. The third kappa shape index (κ3) is 7.54. The zero-order chi connectivity index (χ0) is 21.1. The van der Waals surface area contributed by atoms with Gasteiger partial charge < -0.3 is 15.4 Å². The molecule has 2 amide bonds. The summed E-state index contributed by atoms with van der Waals surface area (Å²) in [5, 5.41) is 5.68. The number of nitrogens with one attached hydrogen (secondary N) is 2. The molecule has 0 radical (unpaired) electrons. The zero-order valence-corrected chi connectivity index (χ0v) is 18.7. The number of ether oxygens (including phenoxy) is 1. The predicted molar refractivity (Wildman–Crippen MR) is 121 cm³/mol. The Morgan fingerprint density at radius 2 is 1.62 bits per heavy atom. The molecule has 0 unspecified atom stereocenters. The minimum Gasteiger partial charge on any atom is -0.492 e. The van der Waals surface area contributed by atoms with Crippen molar-refractivity contribution in [2.45, 2.75) is 46.0 Å². The molecule has 0 fully saturated rings. The lowest BCUT2D eigenvalue weighted by molar-refractivity contribution is 0.0953. The Kier molecular flexibility index (Phi) is 9.71. The first-order chi connectivity index (χ1) is 14.0. The van der Waals surface area contributed by atoms with Gasteiger partial charge in [-0.1, -0.05) is 33.1 Å². The largest absolute Gasteiger partial charge is 0.492 e. The average Bonchev–Trinajstić information content (AvgIpc) is 2.73. The van der Waals surface area contributed by atoms with Crippen molar-refractivity contribution >= 4 is 33.4 Å². The number of carbonyl (C=O) groups is 2. The van der Waals surface area contributed by atoms with E-state index < -0.39 is 0 Å². The van der Waals surface area contributed by atoms with Crippen LogP contribution in [0.25, 0.3) is 0 Å². The number of hydrogen-bond donors (Lipinski definition) is 2. The van der Waals surface area contributed by atoms with Crippen LogP contribution in [0.15, 0.2) is 46.9 Å². The van der Waals surface area contributed by atoms with Gasteiger partial charge >= 0.3 is 0 Å². The molecule has 0 atom stereocenters. The highest BCUT2D eigenvalue weighted by molar-refractivity contribution is 9.10. The van der Waals surface area contributed by atoms with E-state index in [4.69, 9.17) is 4.74 Å². The predicted octanol–water partition coefficient (Wildman–Crippen LogP) is 5.80. The summed E-state index contributed by atoms with van der Waals surface area (Å²) in [5.41, 5.74) is 1.73. The number of unbranched alkanes of at least 4 members (excludes halogenated alkanes) is 3. The van der Waals surface area contributed by atoms with Crippen LogP contribution in [0.5, 0.6) is 5.75 Å². The second-order valence-electron chi connectivity index (χ2n) is 6.84. The van der Waals surface area contributed by atoms with Crippen LogP contribution >= 0.6 is 15.9 Å². The van der Waals surface area contributed by atoms with E-state index in [2.05, 4.69) is 33.5 Å². The average molecular weight is 461 g/mol. The third-order valence-electron chi connectivity index (χ3n) is 4.39. The number of anilines is 1. The van der Waals surface area contributed by atoms with Gasteiger partial charge in [-0.2, -0.15) is 0 Å². The van der Waals surface area contributed by atoms with Crippen molar-refractivity contribution < 1.29 is 14.3 Å². The van der Waals surface area contributed by atoms with Gasteiger partial charge in [0.1, 0.15) is 5.75 Å². The molecule has 0 saturated heterocycles. The molecule has 0 aliphatic heterocycles. The first-order valence-electron chi connectivity index (χ1n) is 10.2. The summed E-state index contributed by atoms with van der Waals surface area (Å²) in [6, 6.07) is 12.2. The molecule has 0 saturated carbocycles. The van der Waals surface area contributed by atoms with Gasteiger partial charge in [0.2, 0.25) is 0 Å². The summed E-state index contributed by atoms with van der Waals surface area (Å²) in [4.78, 5) is 24.5. The van der Waals surface area contributed by atoms with Crippen LogP contribution in [0.1, 0.15) is 66.7 Å². The molecule has 6 heteroatoms. The molecule has 156 valence electrons. The Bertz CT molecular complexity index is 806. The van der Waals surface area contributed by atoms with Crippen LogP contribution in [0.4, 0.5) is 5.69 Å². The Balaban J connectivity index is 1.91. The molecule has 0 aromatic heterocycles. The minimum atomic E-state index is -0.219. The van der Waals surface area contributed by atoms with Crippen LogP contribution < -0.4 is 15.4 Å². The molecule has 2 rings (SSSR count). The number of rotatable bonds is 11. The van der Waals surface area contributed by atoms with E-state index in [1.807, 2.05) is 6.92 Å². The number of amides is 2. The first kappa shape index (κ1) is 22.9. The topological polar surface area (TPSA) is 67.4 Å². The minimum absolute atomic E-state index is 0.112. The maximum absolute atomic E-state index is 12.5. The summed E-state index contributed by atoms with van der Waals surface area (Å²) in [7, 11) is 0. The SMILES string of the molecule is CCCCCCOc1ccc(C(=O)Nc2ccc(C(=O)NCCC)cc2)cc1Br. The second kappa shape index (κ2) is 12.3. The van der Waals surface area contributed by atoms with E-state index in [1.54, 1.807) is 42.5 Å². The van der Waals surface area contributed by atoms with Crippen molar-refractivity contribution in [1.29, 1.82) is 0 Å². The standard InChI is InChI=1S/C23H29BrN2O3/c1-3-5-6-7-15-29-21-13-10-18(16-20(21)24)23(28)26-19-11-8-17(9-12-19)22(27)25-14-4-2/h8-13,16H,3-7,14-15H2,1-2H3,(H,25,27)(H,26,28).